The molecule has 0 aliphatic carbocycles. The fourth-order valence-electron chi connectivity index (χ4n) is 1.40. The largest absolute Gasteiger partial charge is 0.340 e. The van der Waals surface area contributed by atoms with Gasteiger partial charge in [-0.15, -0.1) is 0 Å². The summed E-state index contributed by atoms with van der Waals surface area (Å²) in [6, 6.07) is 0. The second kappa shape index (κ2) is 5.40. The molecule has 0 aromatic carbocycles. The van der Waals surface area contributed by atoms with Gasteiger partial charge in [0.1, 0.15) is 0 Å². The fourth-order valence-corrected chi connectivity index (χ4v) is 1.60. The smallest absolute Gasteiger partial charge is 0.273 e. The molecule has 0 spiro atoms. The number of alkyl halides is 3. The summed E-state index contributed by atoms with van der Waals surface area (Å²) in [4.78, 5) is 13.3. The Morgan fingerprint density at radius 3 is 2.29 bits per heavy atom. The number of halogens is 3. The van der Waals surface area contributed by atoms with Crippen LogP contribution in [0.15, 0.2) is 0 Å². The Balaban J connectivity index is 2.22. The Bertz CT molecular complexity index is 199. The number of hydrogen-bond donors (Lipinski definition) is 1. The monoisotopic (exact) mass is 258 g/mol. The molecule has 1 aliphatic heterocycles. The SMILES string of the molecule is O=C(NCN1CCCCC1)C(Cl)(Cl)Cl. The maximum absolute atomic E-state index is 11.2. The van der Waals surface area contributed by atoms with Crippen molar-refractivity contribution in [3.8, 4) is 0 Å². The van der Waals surface area contributed by atoms with Gasteiger partial charge in [0.25, 0.3) is 9.70 Å². The summed E-state index contributed by atoms with van der Waals surface area (Å²) in [5, 5.41) is 2.58. The minimum atomic E-state index is -1.85. The zero-order valence-corrected chi connectivity index (χ0v) is 10.00. The molecule has 1 N–H and O–H groups in total. The lowest BCUT2D eigenvalue weighted by Crippen LogP contribution is -2.44. The van der Waals surface area contributed by atoms with Gasteiger partial charge in [0.15, 0.2) is 0 Å². The molecule has 0 radical (unpaired) electrons. The number of carbonyl (C=O) groups excluding carboxylic acids is 1. The van der Waals surface area contributed by atoms with Crippen molar-refractivity contribution in [3.05, 3.63) is 0 Å². The molecule has 0 aromatic heterocycles. The van der Waals surface area contributed by atoms with E-state index in [2.05, 4.69) is 10.2 Å². The zero-order chi connectivity index (χ0) is 10.6. The van der Waals surface area contributed by atoms with E-state index in [0.29, 0.717) is 6.67 Å². The minimum Gasteiger partial charge on any atom is -0.340 e. The van der Waals surface area contributed by atoms with Gasteiger partial charge in [0, 0.05) is 0 Å². The summed E-state index contributed by atoms with van der Waals surface area (Å²) in [7, 11) is 0. The van der Waals surface area contributed by atoms with Crippen LogP contribution in [0.4, 0.5) is 0 Å². The summed E-state index contributed by atoms with van der Waals surface area (Å²) in [5.41, 5.74) is 0. The van der Waals surface area contributed by atoms with Crippen LogP contribution in [0.5, 0.6) is 0 Å². The molecule has 6 heteroatoms. The molecule has 82 valence electrons. The van der Waals surface area contributed by atoms with Crippen molar-refractivity contribution in [1.82, 2.24) is 10.2 Å². The molecular formula is C8H13Cl3N2O. The van der Waals surface area contributed by atoms with Gasteiger partial charge >= 0.3 is 0 Å². The van der Waals surface area contributed by atoms with Gasteiger partial charge in [-0.2, -0.15) is 0 Å². The Morgan fingerprint density at radius 1 is 1.21 bits per heavy atom. The van der Waals surface area contributed by atoms with E-state index >= 15 is 0 Å². The fraction of sp³-hybridized carbons (Fsp3) is 0.875. The number of likely N-dealkylation sites (tertiary alicyclic amines) is 1. The molecule has 0 bridgehead atoms. The molecule has 1 saturated heterocycles. The molecule has 1 amide bonds. The molecule has 1 fully saturated rings. The van der Waals surface area contributed by atoms with Crippen LogP contribution in [-0.2, 0) is 4.79 Å². The zero-order valence-electron chi connectivity index (χ0n) is 7.73. The third-order valence-electron chi connectivity index (χ3n) is 2.17. The van der Waals surface area contributed by atoms with Crippen LogP contribution >= 0.6 is 34.8 Å². The third-order valence-corrected chi connectivity index (χ3v) is 2.68. The van der Waals surface area contributed by atoms with Gasteiger partial charge in [-0.25, -0.2) is 0 Å². The molecule has 0 saturated carbocycles. The standard InChI is InChI=1S/C8H13Cl3N2O/c9-8(10,11)7(14)12-6-13-4-2-1-3-5-13/h1-6H2,(H,12,14). The van der Waals surface area contributed by atoms with E-state index < -0.39 is 9.70 Å². The number of piperidine rings is 1. The molecule has 3 nitrogen and oxygen atoms in total. The highest BCUT2D eigenvalue weighted by molar-refractivity contribution is 6.76. The van der Waals surface area contributed by atoms with Crippen molar-refractivity contribution in [2.24, 2.45) is 0 Å². The summed E-state index contributed by atoms with van der Waals surface area (Å²) in [5.74, 6) is -0.562. The minimum absolute atomic E-state index is 0.465. The second-order valence-electron chi connectivity index (χ2n) is 3.34. The van der Waals surface area contributed by atoms with Crippen molar-refractivity contribution in [2.75, 3.05) is 19.8 Å². The Kier molecular flexibility index (Phi) is 4.77. The number of nitrogens with one attached hydrogen (secondary N) is 1. The Labute approximate surface area is 98.7 Å². The summed E-state index contributed by atoms with van der Waals surface area (Å²) in [6.45, 7) is 2.47. The number of carbonyl (C=O) groups is 1. The Morgan fingerprint density at radius 2 is 1.79 bits per heavy atom. The second-order valence-corrected chi connectivity index (χ2v) is 5.62. The van der Waals surface area contributed by atoms with Crippen LogP contribution < -0.4 is 5.32 Å². The molecule has 1 heterocycles. The van der Waals surface area contributed by atoms with Crippen LogP contribution in [-0.4, -0.2) is 34.4 Å². The van der Waals surface area contributed by atoms with Crippen molar-refractivity contribution < 1.29 is 4.79 Å². The highest BCUT2D eigenvalue weighted by Gasteiger charge is 2.30. The lowest BCUT2D eigenvalue weighted by atomic mass is 10.1. The third kappa shape index (κ3) is 4.22. The van der Waals surface area contributed by atoms with Gasteiger partial charge in [-0.3, -0.25) is 9.69 Å². The quantitative estimate of drug-likeness (QED) is 0.769. The molecule has 1 aliphatic rings. The molecule has 1 rings (SSSR count). The molecule has 14 heavy (non-hydrogen) atoms. The van der Waals surface area contributed by atoms with Crippen LogP contribution in [0, 0.1) is 0 Å². The highest BCUT2D eigenvalue weighted by atomic mass is 35.6. The van der Waals surface area contributed by atoms with Gasteiger partial charge in [-0.1, -0.05) is 41.2 Å². The first-order valence-electron chi connectivity index (χ1n) is 4.57. The predicted molar refractivity (Wildman–Crippen MR) is 58.7 cm³/mol. The maximum Gasteiger partial charge on any atom is 0.273 e. The number of amides is 1. The first-order valence-corrected chi connectivity index (χ1v) is 5.71. The van der Waals surface area contributed by atoms with E-state index in [1.54, 1.807) is 0 Å². The van der Waals surface area contributed by atoms with Crippen LogP contribution in [0.3, 0.4) is 0 Å². The highest BCUT2D eigenvalue weighted by Crippen LogP contribution is 2.25. The molecule has 0 unspecified atom stereocenters. The van der Waals surface area contributed by atoms with E-state index in [4.69, 9.17) is 34.8 Å². The van der Waals surface area contributed by atoms with Crippen LogP contribution in [0.1, 0.15) is 19.3 Å². The summed E-state index contributed by atoms with van der Waals surface area (Å²) < 4.78 is -1.85. The van der Waals surface area contributed by atoms with Crippen molar-refractivity contribution in [1.29, 1.82) is 0 Å². The summed E-state index contributed by atoms with van der Waals surface area (Å²) >= 11 is 16.2. The lowest BCUT2D eigenvalue weighted by Gasteiger charge is -2.27. The first-order chi connectivity index (χ1) is 6.50. The van der Waals surface area contributed by atoms with E-state index in [0.717, 1.165) is 13.1 Å². The lowest BCUT2D eigenvalue weighted by molar-refractivity contribution is -0.120. The normalized spacial score (nSPS) is 19.4. The number of hydrogen-bond acceptors (Lipinski definition) is 2. The van der Waals surface area contributed by atoms with Crippen LogP contribution in [0.2, 0.25) is 0 Å². The molecule has 0 atom stereocenters. The van der Waals surface area contributed by atoms with Crippen molar-refractivity contribution in [2.45, 2.75) is 23.1 Å². The molecular weight excluding hydrogens is 246 g/mol. The number of rotatable bonds is 2. The van der Waals surface area contributed by atoms with Gasteiger partial charge in [0.2, 0.25) is 0 Å². The van der Waals surface area contributed by atoms with Crippen molar-refractivity contribution in [3.63, 3.8) is 0 Å². The number of nitrogens with zero attached hydrogens (tertiary/aromatic N) is 1. The van der Waals surface area contributed by atoms with Crippen LogP contribution in [0.25, 0.3) is 0 Å². The van der Waals surface area contributed by atoms with Crippen molar-refractivity contribution >= 4 is 40.7 Å². The van der Waals surface area contributed by atoms with E-state index in [1.165, 1.54) is 19.3 Å². The molecule has 0 aromatic rings. The van der Waals surface area contributed by atoms with Gasteiger partial charge in [0.05, 0.1) is 6.67 Å². The summed E-state index contributed by atoms with van der Waals surface area (Å²) in [6.07, 6.45) is 3.60. The maximum atomic E-state index is 11.2. The van der Waals surface area contributed by atoms with Gasteiger partial charge < -0.3 is 5.32 Å². The topological polar surface area (TPSA) is 32.3 Å². The van der Waals surface area contributed by atoms with E-state index in [-0.39, 0.29) is 0 Å². The predicted octanol–water partition coefficient (Wildman–Crippen LogP) is 1.92. The average molecular weight is 260 g/mol. The van der Waals surface area contributed by atoms with E-state index in [1.807, 2.05) is 0 Å². The average Bonchev–Trinajstić information content (AvgIpc) is 2.14. The Hall–Kier alpha value is 0.300. The van der Waals surface area contributed by atoms with Gasteiger partial charge in [-0.05, 0) is 25.9 Å². The van der Waals surface area contributed by atoms with E-state index in [9.17, 15) is 4.79 Å². The first kappa shape index (κ1) is 12.4.